The standard InChI is InChI=1S/C11H22O2/c1-7-11(8-2,13-6)9(12)10(3,4)5/h7-8H2,1-6H3. The van der Waals surface area contributed by atoms with Crippen LogP contribution >= 0.6 is 0 Å². The molecule has 0 amide bonds. The van der Waals surface area contributed by atoms with Crippen LogP contribution in [0.3, 0.4) is 0 Å². The fraction of sp³-hybridized carbons (Fsp3) is 0.909. The second-order valence-corrected chi connectivity index (χ2v) is 4.48. The van der Waals surface area contributed by atoms with Crippen LogP contribution < -0.4 is 0 Å². The van der Waals surface area contributed by atoms with Crippen molar-refractivity contribution in [3.8, 4) is 0 Å². The van der Waals surface area contributed by atoms with Gasteiger partial charge in [-0.3, -0.25) is 4.79 Å². The van der Waals surface area contributed by atoms with Crippen molar-refractivity contribution in [1.29, 1.82) is 0 Å². The molecule has 0 unspecified atom stereocenters. The van der Waals surface area contributed by atoms with Crippen LogP contribution in [0, 0.1) is 5.41 Å². The molecular weight excluding hydrogens is 164 g/mol. The molecular formula is C11H22O2. The van der Waals surface area contributed by atoms with E-state index in [0.29, 0.717) is 0 Å². The third-order valence-electron chi connectivity index (χ3n) is 2.63. The lowest BCUT2D eigenvalue weighted by atomic mass is 9.77. The molecule has 0 aliphatic carbocycles. The van der Waals surface area contributed by atoms with Gasteiger partial charge in [-0.1, -0.05) is 34.6 Å². The van der Waals surface area contributed by atoms with Gasteiger partial charge in [-0.2, -0.15) is 0 Å². The first-order valence-corrected chi connectivity index (χ1v) is 4.94. The molecule has 2 heteroatoms. The monoisotopic (exact) mass is 186 g/mol. The second-order valence-electron chi connectivity index (χ2n) is 4.48. The van der Waals surface area contributed by atoms with Crippen LogP contribution in [0.2, 0.25) is 0 Å². The van der Waals surface area contributed by atoms with Crippen LogP contribution in [0.1, 0.15) is 47.5 Å². The van der Waals surface area contributed by atoms with E-state index in [9.17, 15) is 4.79 Å². The predicted molar refractivity (Wildman–Crippen MR) is 54.8 cm³/mol. The Kier molecular flexibility index (Phi) is 4.11. The molecule has 0 radical (unpaired) electrons. The summed E-state index contributed by atoms with van der Waals surface area (Å²) in [4.78, 5) is 12.1. The van der Waals surface area contributed by atoms with Gasteiger partial charge >= 0.3 is 0 Å². The number of Topliss-reactive ketones (excluding diaryl/α,β-unsaturated/α-hetero) is 1. The number of hydrogen-bond donors (Lipinski definition) is 0. The van der Waals surface area contributed by atoms with Gasteiger partial charge in [0.15, 0.2) is 5.78 Å². The van der Waals surface area contributed by atoms with Crippen LogP contribution in [0.25, 0.3) is 0 Å². The molecule has 0 heterocycles. The highest BCUT2D eigenvalue weighted by Crippen LogP contribution is 2.30. The fourth-order valence-corrected chi connectivity index (χ4v) is 1.64. The lowest BCUT2D eigenvalue weighted by molar-refractivity contribution is -0.150. The fourth-order valence-electron chi connectivity index (χ4n) is 1.64. The summed E-state index contributed by atoms with van der Waals surface area (Å²) in [7, 11) is 1.62. The molecule has 0 spiro atoms. The number of methoxy groups -OCH3 is 1. The molecule has 0 atom stereocenters. The zero-order chi connectivity index (χ0) is 10.7. The van der Waals surface area contributed by atoms with Crippen LogP contribution in [-0.4, -0.2) is 18.5 Å². The van der Waals surface area contributed by atoms with Crippen molar-refractivity contribution < 1.29 is 9.53 Å². The van der Waals surface area contributed by atoms with E-state index >= 15 is 0 Å². The molecule has 0 aromatic rings. The first-order valence-electron chi connectivity index (χ1n) is 4.94. The summed E-state index contributed by atoms with van der Waals surface area (Å²) in [5, 5.41) is 0. The molecule has 0 rings (SSSR count). The normalized spacial score (nSPS) is 13.1. The summed E-state index contributed by atoms with van der Waals surface area (Å²) in [6.45, 7) is 9.81. The van der Waals surface area contributed by atoms with Gasteiger partial charge in [0.05, 0.1) is 0 Å². The van der Waals surface area contributed by atoms with Gasteiger partial charge in [-0.25, -0.2) is 0 Å². The number of ether oxygens (including phenoxy) is 1. The maximum atomic E-state index is 12.1. The summed E-state index contributed by atoms with van der Waals surface area (Å²) in [5.41, 5.74) is -0.889. The summed E-state index contributed by atoms with van der Waals surface area (Å²) in [6.07, 6.45) is 1.49. The van der Waals surface area contributed by atoms with E-state index < -0.39 is 5.60 Å². The Bertz CT molecular complexity index is 165. The number of carbonyl (C=O) groups excluding carboxylic acids is 1. The molecule has 0 bridgehead atoms. The van der Waals surface area contributed by atoms with Crippen LogP contribution in [0.4, 0.5) is 0 Å². The highest BCUT2D eigenvalue weighted by atomic mass is 16.5. The molecule has 0 fully saturated rings. The average Bonchev–Trinajstić information content (AvgIpc) is 2.07. The largest absolute Gasteiger partial charge is 0.370 e. The average molecular weight is 186 g/mol. The molecule has 13 heavy (non-hydrogen) atoms. The first-order chi connectivity index (χ1) is 5.84. The van der Waals surface area contributed by atoms with Crippen molar-refractivity contribution in [2.24, 2.45) is 5.41 Å². The summed E-state index contributed by atoms with van der Waals surface area (Å²) < 4.78 is 5.38. The second kappa shape index (κ2) is 4.23. The van der Waals surface area contributed by atoms with Crippen LogP contribution in [0.15, 0.2) is 0 Å². The highest BCUT2D eigenvalue weighted by Gasteiger charge is 2.40. The molecule has 0 saturated heterocycles. The van der Waals surface area contributed by atoms with Crippen molar-refractivity contribution in [2.45, 2.75) is 53.1 Å². The van der Waals surface area contributed by atoms with Gasteiger partial charge < -0.3 is 4.74 Å². The quantitative estimate of drug-likeness (QED) is 0.675. The van der Waals surface area contributed by atoms with Crippen molar-refractivity contribution in [3.63, 3.8) is 0 Å². The van der Waals surface area contributed by atoms with Crippen LogP contribution in [-0.2, 0) is 9.53 Å². The van der Waals surface area contributed by atoms with Gasteiger partial charge in [0, 0.05) is 12.5 Å². The van der Waals surface area contributed by atoms with Gasteiger partial charge in [0.1, 0.15) is 5.60 Å². The lowest BCUT2D eigenvalue weighted by Crippen LogP contribution is -2.46. The Labute approximate surface area is 81.7 Å². The summed E-state index contributed by atoms with van der Waals surface area (Å²) in [5.74, 6) is 0.201. The molecule has 0 aliphatic rings. The third-order valence-corrected chi connectivity index (χ3v) is 2.63. The predicted octanol–water partition coefficient (Wildman–Crippen LogP) is 2.81. The third kappa shape index (κ3) is 2.53. The van der Waals surface area contributed by atoms with E-state index in [1.807, 2.05) is 34.6 Å². The molecule has 0 aromatic carbocycles. The van der Waals surface area contributed by atoms with Gasteiger partial charge in [0.2, 0.25) is 0 Å². The minimum Gasteiger partial charge on any atom is -0.370 e. The number of rotatable bonds is 4. The van der Waals surface area contributed by atoms with E-state index in [1.54, 1.807) is 7.11 Å². The Hall–Kier alpha value is -0.370. The van der Waals surface area contributed by atoms with Gasteiger partial charge in [0.25, 0.3) is 0 Å². The molecule has 0 saturated carbocycles. The zero-order valence-electron chi connectivity index (χ0n) is 9.73. The minimum atomic E-state index is -0.571. The lowest BCUT2D eigenvalue weighted by Gasteiger charge is -2.34. The van der Waals surface area contributed by atoms with E-state index in [1.165, 1.54) is 0 Å². The molecule has 78 valence electrons. The summed E-state index contributed by atoms with van der Waals surface area (Å²) in [6, 6.07) is 0. The Morgan fingerprint density at radius 2 is 1.54 bits per heavy atom. The Morgan fingerprint density at radius 3 is 1.62 bits per heavy atom. The van der Waals surface area contributed by atoms with Crippen molar-refractivity contribution in [1.82, 2.24) is 0 Å². The molecule has 0 N–H and O–H groups in total. The van der Waals surface area contributed by atoms with E-state index in [0.717, 1.165) is 12.8 Å². The van der Waals surface area contributed by atoms with Gasteiger partial charge in [-0.15, -0.1) is 0 Å². The number of hydrogen-bond acceptors (Lipinski definition) is 2. The highest BCUT2D eigenvalue weighted by molar-refractivity contribution is 5.91. The smallest absolute Gasteiger partial charge is 0.169 e. The molecule has 0 aliphatic heterocycles. The number of carbonyl (C=O) groups is 1. The first kappa shape index (κ1) is 12.6. The van der Waals surface area contributed by atoms with E-state index in [2.05, 4.69) is 0 Å². The van der Waals surface area contributed by atoms with Crippen molar-refractivity contribution >= 4 is 5.78 Å². The van der Waals surface area contributed by atoms with Gasteiger partial charge in [-0.05, 0) is 12.8 Å². The van der Waals surface area contributed by atoms with Crippen molar-refractivity contribution in [2.75, 3.05) is 7.11 Å². The zero-order valence-corrected chi connectivity index (χ0v) is 9.73. The maximum Gasteiger partial charge on any atom is 0.169 e. The maximum absolute atomic E-state index is 12.1. The van der Waals surface area contributed by atoms with Crippen molar-refractivity contribution in [3.05, 3.63) is 0 Å². The number of ketones is 1. The van der Waals surface area contributed by atoms with Crippen LogP contribution in [0.5, 0.6) is 0 Å². The minimum absolute atomic E-state index is 0.201. The van der Waals surface area contributed by atoms with E-state index in [4.69, 9.17) is 4.74 Å². The molecule has 0 aromatic heterocycles. The SMILES string of the molecule is CCC(CC)(OC)C(=O)C(C)(C)C. The molecule has 2 nitrogen and oxygen atoms in total. The topological polar surface area (TPSA) is 26.3 Å². The Balaban J connectivity index is 4.85. The summed E-state index contributed by atoms with van der Waals surface area (Å²) >= 11 is 0. The Morgan fingerprint density at radius 1 is 1.15 bits per heavy atom. The van der Waals surface area contributed by atoms with E-state index in [-0.39, 0.29) is 11.2 Å².